The molecule has 0 fully saturated rings. The summed E-state index contributed by atoms with van der Waals surface area (Å²) < 4.78 is 0. The van der Waals surface area contributed by atoms with Gasteiger partial charge < -0.3 is 5.11 Å². The summed E-state index contributed by atoms with van der Waals surface area (Å²) in [5.74, 6) is -2.17. The highest BCUT2D eigenvalue weighted by atomic mass is 16.4. The Morgan fingerprint density at radius 2 is 1.26 bits per heavy atom. The largest absolute Gasteiger partial charge is 0.477 e. The van der Waals surface area contributed by atoms with Gasteiger partial charge in [-0.05, 0) is 6.92 Å². The number of aliphatic carboxylic acids is 1. The van der Waals surface area contributed by atoms with Crippen LogP contribution in [0.2, 0.25) is 0 Å². The number of ketones is 2. The molecule has 0 saturated carbocycles. The molecule has 3 aromatic carbocycles. The summed E-state index contributed by atoms with van der Waals surface area (Å²) in [4.78, 5) is 37.1. The number of rotatable bonds is 8. The molecule has 0 bridgehead atoms. The van der Waals surface area contributed by atoms with Crippen LogP contribution in [0.1, 0.15) is 38.3 Å². The SMILES string of the molecule is Cc1ccc(C(=O)C/C(=N/N=C(/C(=O)c2ccccc2)c2ccccc2)C(=O)O)cc1. The molecule has 0 spiro atoms. The molecule has 0 saturated heterocycles. The van der Waals surface area contributed by atoms with E-state index in [1.807, 2.05) is 6.92 Å². The van der Waals surface area contributed by atoms with Crippen LogP contribution in [0.5, 0.6) is 0 Å². The van der Waals surface area contributed by atoms with Gasteiger partial charge in [0, 0.05) is 16.7 Å². The Balaban J connectivity index is 1.96. The normalized spacial score (nSPS) is 11.8. The summed E-state index contributed by atoms with van der Waals surface area (Å²) in [7, 11) is 0. The van der Waals surface area contributed by atoms with E-state index in [0.717, 1.165) is 5.56 Å². The molecule has 0 amide bonds. The summed E-state index contributed by atoms with van der Waals surface area (Å²) >= 11 is 0. The van der Waals surface area contributed by atoms with Crippen LogP contribution in [-0.4, -0.2) is 34.1 Å². The van der Waals surface area contributed by atoms with Crippen LogP contribution in [0.4, 0.5) is 0 Å². The topological polar surface area (TPSA) is 96.2 Å². The quantitative estimate of drug-likeness (QED) is 0.337. The highest BCUT2D eigenvalue weighted by Crippen LogP contribution is 2.11. The molecule has 154 valence electrons. The van der Waals surface area contributed by atoms with E-state index in [1.54, 1.807) is 84.9 Å². The Morgan fingerprint density at radius 3 is 1.81 bits per heavy atom. The molecular weight excluding hydrogens is 392 g/mol. The predicted molar refractivity (Wildman–Crippen MR) is 119 cm³/mol. The van der Waals surface area contributed by atoms with Gasteiger partial charge >= 0.3 is 5.97 Å². The smallest absolute Gasteiger partial charge is 0.352 e. The third kappa shape index (κ3) is 5.67. The van der Waals surface area contributed by atoms with Gasteiger partial charge in [-0.1, -0.05) is 90.5 Å². The van der Waals surface area contributed by atoms with E-state index in [9.17, 15) is 19.5 Å². The number of carboxylic acid groups (broad SMARTS) is 1. The fourth-order valence-corrected chi connectivity index (χ4v) is 2.81. The van der Waals surface area contributed by atoms with E-state index in [4.69, 9.17) is 0 Å². The Labute approximate surface area is 179 Å². The Hall–Kier alpha value is -4.19. The van der Waals surface area contributed by atoms with Crippen molar-refractivity contribution in [1.29, 1.82) is 0 Å². The molecular formula is C25H20N2O4. The van der Waals surface area contributed by atoms with Crippen LogP contribution in [0, 0.1) is 6.92 Å². The number of aryl methyl sites for hydroxylation is 1. The van der Waals surface area contributed by atoms with Crippen molar-refractivity contribution in [2.75, 3.05) is 0 Å². The molecule has 1 N–H and O–H groups in total. The van der Waals surface area contributed by atoms with E-state index in [-0.39, 0.29) is 5.71 Å². The number of Topliss-reactive ketones (excluding diaryl/α,β-unsaturated/α-hetero) is 2. The zero-order valence-electron chi connectivity index (χ0n) is 16.9. The first kappa shape index (κ1) is 21.5. The second-order valence-corrected chi connectivity index (χ2v) is 6.83. The molecule has 0 radical (unpaired) electrons. The van der Waals surface area contributed by atoms with E-state index >= 15 is 0 Å². The first-order valence-electron chi connectivity index (χ1n) is 9.58. The molecule has 0 aliphatic carbocycles. The number of carboxylic acids is 1. The van der Waals surface area contributed by atoms with Crippen molar-refractivity contribution in [3.63, 3.8) is 0 Å². The molecule has 6 nitrogen and oxygen atoms in total. The first-order valence-corrected chi connectivity index (χ1v) is 9.58. The number of hydrogen-bond donors (Lipinski definition) is 1. The van der Waals surface area contributed by atoms with Gasteiger partial charge in [-0.25, -0.2) is 4.79 Å². The first-order chi connectivity index (χ1) is 15.0. The summed E-state index contributed by atoms with van der Waals surface area (Å²) in [6, 6.07) is 24.0. The van der Waals surface area contributed by atoms with Crippen LogP contribution in [0.25, 0.3) is 0 Å². The summed E-state index contributed by atoms with van der Waals surface area (Å²) in [6.45, 7) is 1.89. The van der Waals surface area contributed by atoms with Gasteiger partial charge in [0.25, 0.3) is 0 Å². The Kier molecular flexibility index (Phi) is 6.96. The van der Waals surface area contributed by atoms with Crippen molar-refractivity contribution < 1.29 is 19.5 Å². The monoisotopic (exact) mass is 412 g/mol. The second kappa shape index (κ2) is 10.0. The molecule has 3 rings (SSSR count). The van der Waals surface area contributed by atoms with E-state index in [2.05, 4.69) is 10.2 Å². The zero-order chi connectivity index (χ0) is 22.2. The van der Waals surface area contributed by atoms with Gasteiger partial charge in [0.05, 0.1) is 6.42 Å². The van der Waals surface area contributed by atoms with Crippen LogP contribution in [-0.2, 0) is 4.79 Å². The minimum absolute atomic E-state index is 0.00617. The van der Waals surface area contributed by atoms with Crippen LogP contribution in [0.3, 0.4) is 0 Å². The number of benzene rings is 3. The zero-order valence-corrected chi connectivity index (χ0v) is 16.9. The maximum absolute atomic E-state index is 13.0. The van der Waals surface area contributed by atoms with Gasteiger partial charge in [-0.2, -0.15) is 0 Å². The summed E-state index contributed by atoms with van der Waals surface area (Å²) in [5.41, 5.74) is 1.81. The van der Waals surface area contributed by atoms with Crippen molar-refractivity contribution in [3.8, 4) is 0 Å². The van der Waals surface area contributed by atoms with E-state index < -0.39 is 29.7 Å². The van der Waals surface area contributed by atoms with Crippen LogP contribution >= 0.6 is 0 Å². The van der Waals surface area contributed by atoms with Gasteiger partial charge in [-0.3, -0.25) is 9.59 Å². The Morgan fingerprint density at radius 1 is 0.710 bits per heavy atom. The molecule has 31 heavy (non-hydrogen) atoms. The second-order valence-electron chi connectivity index (χ2n) is 6.83. The lowest BCUT2D eigenvalue weighted by molar-refractivity contribution is -0.129. The predicted octanol–water partition coefficient (Wildman–Crippen LogP) is 4.38. The third-order valence-electron chi connectivity index (χ3n) is 4.52. The van der Waals surface area contributed by atoms with Crippen LogP contribution < -0.4 is 0 Å². The maximum Gasteiger partial charge on any atom is 0.352 e. The van der Waals surface area contributed by atoms with Crippen LogP contribution in [0.15, 0.2) is 95.1 Å². The lowest BCUT2D eigenvalue weighted by Gasteiger charge is -2.05. The molecule has 0 heterocycles. The maximum atomic E-state index is 13.0. The van der Waals surface area contributed by atoms with E-state index in [1.165, 1.54) is 0 Å². The number of nitrogens with zero attached hydrogens (tertiary/aromatic N) is 2. The van der Waals surface area contributed by atoms with Crippen molar-refractivity contribution in [3.05, 3.63) is 107 Å². The molecule has 6 heteroatoms. The standard InChI is InChI=1S/C25H20N2O4/c1-17-12-14-18(15-13-17)22(28)16-21(25(30)31)26-27-23(19-8-4-2-5-9-19)24(29)20-10-6-3-7-11-20/h2-15H,16H2,1H3,(H,30,31)/b26-21-,27-23+. The number of carbonyl (C=O) groups is 3. The summed E-state index contributed by atoms with van der Waals surface area (Å²) in [5, 5.41) is 17.3. The average molecular weight is 412 g/mol. The van der Waals surface area contributed by atoms with Gasteiger partial charge in [0.1, 0.15) is 5.71 Å². The van der Waals surface area contributed by atoms with Crippen molar-refractivity contribution in [2.24, 2.45) is 10.2 Å². The van der Waals surface area contributed by atoms with Gasteiger partial charge in [0.15, 0.2) is 11.5 Å². The fraction of sp³-hybridized carbons (Fsp3) is 0.0800. The number of carbonyl (C=O) groups excluding carboxylic acids is 2. The average Bonchev–Trinajstić information content (AvgIpc) is 2.79. The molecule has 0 aliphatic heterocycles. The molecule has 0 aliphatic rings. The van der Waals surface area contributed by atoms with Crippen molar-refractivity contribution in [2.45, 2.75) is 13.3 Å². The fourth-order valence-electron chi connectivity index (χ4n) is 2.81. The highest BCUT2D eigenvalue weighted by Gasteiger charge is 2.19. The van der Waals surface area contributed by atoms with Crippen molar-refractivity contribution >= 4 is 29.0 Å². The van der Waals surface area contributed by atoms with Crippen molar-refractivity contribution in [1.82, 2.24) is 0 Å². The lowest BCUT2D eigenvalue weighted by atomic mass is 10.0. The summed E-state index contributed by atoms with van der Waals surface area (Å²) in [6.07, 6.45) is -0.441. The number of hydrogen-bond acceptors (Lipinski definition) is 5. The molecule has 0 aromatic heterocycles. The van der Waals surface area contributed by atoms with Gasteiger partial charge in [-0.15, -0.1) is 10.2 Å². The van der Waals surface area contributed by atoms with E-state index in [0.29, 0.717) is 16.7 Å². The lowest BCUT2D eigenvalue weighted by Crippen LogP contribution is -2.19. The Bertz CT molecular complexity index is 1150. The highest BCUT2D eigenvalue weighted by molar-refractivity contribution is 6.51. The minimum Gasteiger partial charge on any atom is -0.477 e. The third-order valence-corrected chi connectivity index (χ3v) is 4.52. The minimum atomic E-state index is -1.37. The molecule has 0 atom stereocenters. The molecule has 3 aromatic rings. The van der Waals surface area contributed by atoms with Gasteiger partial charge in [0.2, 0.25) is 5.78 Å². The molecule has 0 unspecified atom stereocenters.